The number of nitrogens with zero attached hydrogens (tertiary/aromatic N) is 5. The van der Waals surface area contributed by atoms with Gasteiger partial charge >= 0.3 is 0 Å². The SMILES string of the molecule is CC(C)Cn1ccnc(-n2ccnc2/C(N)=N/O)c1=O. The Hall–Kier alpha value is -2.64. The van der Waals surface area contributed by atoms with Crippen LogP contribution in [0.15, 0.2) is 34.7 Å². The summed E-state index contributed by atoms with van der Waals surface area (Å²) in [6.45, 7) is 4.62. The molecule has 8 nitrogen and oxygen atoms in total. The summed E-state index contributed by atoms with van der Waals surface area (Å²) < 4.78 is 2.97. The van der Waals surface area contributed by atoms with Gasteiger partial charge in [-0.1, -0.05) is 19.0 Å². The molecule has 8 heteroatoms. The van der Waals surface area contributed by atoms with Crippen LogP contribution in [0.25, 0.3) is 5.82 Å². The summed E-state index contributed by atoms with van der Waals surface area (Å²) in [5, 5.41) is 11.6. The maximum absolute atomic E-state index is 12.4. The van der Waals surface area contributed by atoms with Crippen molar-refractivity contribution >= 4 is 5.84 Å². The molecular weight excluding hydrogens is 260 g/mol. The second-order valence-electron chi connectivity index (χ2n) is 4.71. The highest BCUT2D eigenvalue weighted by atomic mass is 16.4. The highest BCUT2D eigenvalue weighted by molar-refractivity contribution is 5.94. The molecule has 0 atom stereocenters. The van der Waals surface area contributed by atoms with Crippen molar-refractivity contribution in [3.05, 3.63) is 41.0 Å². The van der Waals surface area contributed by atoms with Crippen molar-refractivity contribution in [2.75, 3.05) is 0 Å². The van der Waals surface area contributed by atoms with Gasteiger partial charge in [0.15, 0.2) is 5.82 Å². The lowest BCUT2D eigenvalue weighted by Crippen LogP contribution is -2.29. The summed E-state index contributed by atoms with van der Waals surface area (Å²) in [4.78, 5) is 20.4. The lowest BCUT2D eigenvalue weighted by molar-refractivity contribution is 0.318. The van der Waals surface area contributed by atoms with Crippen LogP contribution in [0.5, 0.6) is 0 Å². The van der Waals surface area contributed by atoms with E-state index in [4.69, 9.17) is 10.9 Å². The lowest BCUT2D eigenvalue weighted by Gasteiger charge is -2.11. The molecule has 106 valence electrons. The van der Waals surface area contributed by atoms with Crippen LogP contribution in [0.1, 0.15) is 19.7 Å². The fourth-order valence-electron chi connectivity index (χ4n) is 1.85. The van der Waals surface area contributed by atoms with Gasteiger partial charge in [0, 0.05) is 31.3 Å². The monoisotopic (exact) mass is 276 g/mol. The third-order valence-electron chi connectivity index (χ3n) is 2.66. The molecule has 0 saturated carbocycles. The quantitative estimate of drug-likeness (QED) is 0.358. The molecule has 0 saturated heterocycles. The second-order valence-corrected chi connectivity index (χ2v) is 4.71. The predicted molar refractivity (Wildman–Crippen MR) is 73.0 cm³/mol. The summed E-state index contributed by atoms with van der Waals surface area (Å²) >= 11 is 0. The smallest absolute Gasteiger partial charge is 0.294 e. The van der Waals surface area contributed by atoms with Gasteiger partial charge in [0.05, 0.1) is 0 Å². The van der Waals surface area contributed by atoms with Crippen molar-refractivity contribution in [2.24, 2.45) is 16.8 Å². The Morgan fingerprint density at radius 1 is 1.40 bits per heavy atom. The van der Waals surface area contributed by atoms with Crippen LogP contribution in [0.4, 0.5) is 0 Å². The zero-order valence-electron chi connectivity index (χ0n) is 11.3. The molecule has 2 rings (SSSR count). The van der Waals surface area contributed by atoms with E-state index in [1.807, 2.05) is 13.8 Å². The first kappa shape index (κ1) is 13.8. The van der Waals surface area contributed by atoms with E-state index in [0.717, 1.165) is 0 Å². The Bertz CT molecular complexity index is 685. The van der Waals surface area contributed by atoms with Crippen molar-refractivity contribution in [3.8, 4) is 5.82 Å². The lowest BCUT2D eigenvalue weighted by atomic mass is 10.2. The van der Waals surface area contributed by atoms with Crippen LogP contribution in [0, 0.1) is 5.92 Å². The van der Waals surface area contributed by atoms with Crippen LogP contribution in [0.2, 0.25) is 0 Å². The first-order valence-corrected chi connectivity index (χ1v) is 6.11. The molecule has 2 aromatic rings. The van der Waals surface area contributed by atoms with Crippen molar-refractivity contribution < 1.29 is 5.21 Å². The summed E-state index contributed by atoms with van der Waals surface area (Å²) in [7, 11) is 0. The average molecular weight is 276 g/mol. The Labute approximate surface area is 115 Å². The Kier molecular flexibility index (Phi) is 3.83. The summed E-state index contributed by atoms with van der Waals surface area (Å²) in [5.74, 6) is 0.469. The molecule has 0 aliphatic heterocycles. The van der Waals surface area contributed by atoms with E-state index in [0.29, 0.717) is 12.5 Å². The van der Waals surface area contributed by atoms with Crippen molar-refractivity contribution in [3.63, 3.8) is 0 Å². The van der Waals surface area contributed by atoms with Crippen LogP contribution < -0.4 is 11.3 Å². The number of hydrogen-bond donors (Lipinski definition) is 2. The van der Waals surface area contributed by atoms with E-state index in [-0.39, 0.29) is 23.0 Å². The molecule has 2 aromatic heterocycles. The van der Waals surface area contributed by atoms with Crippen LogP contribution >= 0.6 is 0 Å². The fourth-order valence-corrected chi connectivity index (χ4v) is 1.85. The molecule has 0 bridgehead atoms. The number of rotatable bonds is 4. The molecule has 0 fully saturated rings. The van der Waals surface area contributed by atoms with Crippen molar-refractivity contribution in [1.29, 1.82) is 0 Å². The molecule has 0 aliphatic rings. The van der Waals surface area contributed by atoms with Crippen LogP contribution in [0.3, 0.4) is 0 Å². The number of imidazole rings is 1. The minimum atomic E-state index is -0.258. The molecule has 0 aromatic carbocycles. The van der Waals surface area contributed by atoms with E-state index in [9.17, 15) is 4.79 Å². The summed E-state index contributed by atoms with van der Waals surface area (Å²) in [6.07, 6.45) is 6.16. The zero-order chi connectivity index (χ0) is 14.7. The minimum Gasteiger partial charge on any atom is -0.409 e. The van der Waals surface area contributed by atoms with Crippen molar-refractivity contribution in [1.82, 2.24) is 19.1 Å². The fraction of sp³-hybridized carbons (Fsp3) is 0.333. The number of hydrogen-bond acceptors (Lipinski definition) is 5. The summed E-state index contributed by atoms with van der Waals surface area (Å²) in [5.41, 5.74) is 5.27. The van der Waals surface area contributed by atoms with Crippen LogP contribution in [-0.2, 0) is 6.54 Å². The van der Waals surface area contributed by atoms with E-state index >= 15 is 0 Å². The molecule has 0 unspecified atom stereocenters. The molecule has 2 heterocycles. The third-order valence-corrected chi connectivity index (χ3v) is 2.66. The molecular formula is C12H16N6O2. The minimum absolute atomic E-state index is 0.159. The number of nitrogens with two attached hydrogens (primary N) is 1. The third kappa shape index (κ3) is 2.53. The standard InChI is InChI=1S/C12H16N6O2/c1-8(2)7-17-5-3-15-11(12(17)19)18-6-4-14-10(18)9(13)16-20/h3-6,8,20H,7H2,1-2H3,(H2,13,16). The van der Waals surface area contributed by atoms with Gasteiger partial charge in [0.2, 0.25) is 11.7 Å². The molecule has 0 aliphatic carbocycles. The Morgan fingerprint density at radius 3 is 2.75 bits per heavy atom. The molecule has 0 spiro atoms. The molecule has 20 heavy (non-hydrogen) atoms. The average Bonchev–Trinajstić information content (AvgIpc) is 2.89. The second kappa shape index (κ2) is 5.55. The van der Waals surface area contributed by atoms with Gasteiger partial charge < -0.3 is 15.5 Å². The van der Waals surface area contributed by atoms with E-state index in [2.05, 4.69) is 15.1 Å². The largest absolute Gasteiger partial charge is 0.409 e. The topological polar surface area (TPSA) is 111 Å². The van der Waals surface area contributed by atoms with E-state index in [1.54, 1.807) is 10.8 Å². The van der Waals surface area contributed by atoms with E-state index < -0.39 is 0 Å². The Balaban J connectivity index is 2.55. The Morgan fingerprint density at radius 2 is 2.10 bits per heavy atom. The molecule has 0 amide bonds. The van der Waals surface area contributed by atoms with Gasteiger partial charge in [0.1, 0.15) is 0 Å². The maximum atomic E-state index is 12.4. The number of oxime groups is 1. The highest BCUT2D eigenvalue weighted by Crippen LogP contribution is 2.04. The van der Waals surface area contributed by atoms with Gasteiger partial charge in [-0.05, 0) is 5.92 Å². The first-order chi connectivity index (χ1) is 9.54. The van der Waals surface area contributed by atoms with Gasteiger partial charge in [-0.15, -0.1) is 0 Å². The molecule has 0 radical (unpaired) electrons. The van der Waals surface area contributed by atoms with Crippen molar-refractivity contribution in [2.45, 2.75) is 20.4 Å². The van der Waals surface area contributed by atoms with Gasteiger partial charge in [-0.3, -0.25) is 9.36 Å². The molecule has 3 N–H and O–H groups in total. The van der Waals surface area contributed by atoms with Gasteiger partial charge in [-0.25, -0.2) is 9.97 Å². The van der Waals surface area contributed by atoms with E-state index in [1.165, 1.54) is 23.2 Å². The summed E-state index contributed by atoms with van der Waals surface area (Å²) in [6, 6.07) is 0. The van der Waals surface area contributed by atoms with Gasteiger partial charge in [0.25, 0.3) is 5.56 Å². The first-order valence-electron chi connectivity index (χ1n) is 6.11. The zero-order valence-corrected chi connectivity index (χ0v) is 11.3. The number of amidine groups is 1. The maximum Gasteiger partial charge on any atom is 0.294 e. The highest BCUT2D eigenvalue weighted by Gasteiger charge is 2.14. The number of aromatic nitrogens is 4. The predicted octanol–water partition coefficient (Wildman–Crippen LogP) is 0.179. The van der Waals surface area contributed by atoms with Gasteiger partial charge in [-0.2, -0.15) is 0 Å². The van der Waals surface area contributed by atoms with Crippen LogP contribution in [-0.4, -0.2) is 30.1 Å². The normalized spacial score (nSPS) is 12.1.